The highest BCUT2D eigenvalue weighted by atomic mass is 35.5. The lowest BCUT2D eigenvalue weighted by molar-refractivity contribution is 0.596. The van der Waals surface area contributed by atoms with Gasteiger partial charge in [-0.3, -0.25) is 19.4 Å². The summed E-state index contributed by atoms with van der Waals surface area (Å²) in [4.78, 5) is 33.4. The number of nitrogens with zero attached hydrogens (tertiary/aromatic N) is 4. The molecule has 0 radical (unpaired) electrons. The van der Waals surface area contributed by atoms with Crippen molar-refractivity contribution in [1.29, 1.82) is 0 Å². The minimum atomic E-state index is -0.883. The highest BCUT2D eigenvalue weighted by Gasteiger charge is 2.11. The second-order valence-corrected chi connectivity index (χ2v) is 4.79. The molecule has 7 nitrogen and oxygen atoms in total. The Labute approximate surface area is 114 Å². The summed E-state index contributed by atoms with van der Waals surface area (Å²) in [6.07, 6.45) is 1.34. The van der Waals surface area contributed by atoms with E-state index in [4.69, 9.17) is 23.2 Å². The zero-order chi connectivity index (χ0) is 13.3. The summed E-state index contributed by atoms with van der Waals surface area (Å²) in [6.45, 7) is 0. The summed E-state index contributed by atoms with van der Waals surface area (Å²) in [5.41, 5.74) is -1.68. The lowest BCUT2D eigenvalue weighted by Gasteiger charge is -2.06. The second kappa shape index (κ2) is 5.09. The molecule has 0 spiro atoms. The standard InChI is InChI=1S/C8H5Cl2N5O2S/c1-15-8(12-4(16)5(17)14-15)18-6-3(9)2-11-7(10)13-6/h2H,1H3,(H,14,17). The van der Waals surface area contributed by atoms with E-state index in [9.17, 15) is 9.59 Å². The molecule has 0 saturated carbocycles. The number of rotatable bonds is 2. The van der Waals surface area contributed by atoms with Crippen LogP contribution < -0.4 is 11.1 Å². The molecule has 2 heterocycles. The largest absolute Gasteiger partial charge is 0.339 e. The molecule has 0 atom stereocenters. The van der Waals surface area contributed by atoms with Crippen LogP contribution >= 0.6 is 35.0 Å². The summed E-state index contributed by atoms with van der Waals surface area (Å²) in [5, 5.41) is 3.17. The fourth-order valence-corrected chi connectivity index (χ4v) is 2.20. The molecule has 0 aromatic carbocycles. The van der Waals surface area contributed by atoms with Gasteiger partial charge in [-0.2, -0.15) is 4.98 Å². The molecular weight excluding hydrogens is 301 g/mol. The molecule has 0 aliphatic carbocycles. The number of halogens is 2. The number of aryl methyl sites for hydroxylation is 1. The fourth-order valence-electron chi connectivity index (χ4n) is 1.04. The Morgan fingerprint density at radius 1 is 1.33 bits per heavy atom. The number of aromatic nitrogens is 5. The Bertz CT molecular complexity index is 713. The van der Waals surface area contributed by atoms with Crippen LogP contribution in [-0.4, -0.2) is 24.7 Å². The topological polar surface area (TPSA) is 93.5 Å². The smallest absolute Gasteiger partial charge is 0.265 e. The van der Waals surface area contributed by atoms with Gasteiger partial charge in [-0.15, -0.1) is 0 Å². The quantitative estimate of drug-likeness (QED) is 0.499. The van der Waals surface area contributed by atoms with Crippen molar-refractivity contribution in [2.24, 2.45) is 7.05 Å². The van der Waals surface area contributed by atoms with Gasteiger partial charge in [0.15, 0.2) is 5.16 Å². The van der Waals surface area contributed by atoms with Gasteiger partial charge in [-0.1, -0.05) is 11.6 Å². The number of hydrogen-bond acceptors (Lipinski definition) is 6. The highest BCUT2D eigenvalue weighted by molar-refractivity contribution is 7.99. The first-order valence-electron chi connectivity index (χ1n) is 4.50. The lowest BCUT2D eigenvalue weighted by atomic mass is 10.7. The van der Waals surface area contributed by atoms with Crippen molar-refractivity contribution >= 4 is 35.0 Å². The van der Waals surface area contributed by atoms with E-state index in [1.807, 2.05) is 0 Å². The van der Waals surface area contributed by atoms with Crippen LogP contribution in [0.1, 0.15) is 0 Å². The van der Waals surface area contributed by atoms with Crippen molar-refractivity contribution in [3.63, 3.8) is 0 Å². The van der Waals surface area contributed by atoms with Gasteiger partial charge in [-0.05, 0) is 23.4 Å². The summed E-state index contributed by atoms with van der Waals surface area (Å²) in [6, 6.07) is 0. The molecule has 1 N–H and O–H groups in total. The van der Waals surface area contributed by atoms with Crippen LogP contribution in [0, 0.1) is 0 Å². The first kappa shape index (κ1) is 13.1. The first-order chi connectivity index (χ1) is 8.47. The molecule has 0 saturated heterocycles. The summed E-state index contributed by atoms with van der Waals surface area (Å²) in [5.74, 6) is 0. The molecule has 0 aliphatic rings. The third-order valence-corrected chi connectivity index (χ3v) is 3.44. The number of hydrogen-bond donors (Lipinski definition) is 1. The fraction of sp³-hybridized carbons (Fsp3) is 0.125. The maximum absolute atomic E-state index is 11.2. The molecule has 18 heavy (non-hydrogen) atoms. The molecule has 2 rings (SSSR count). The predicted octanol–water partition coefficient (Wildman–Crippen LogP) is 0.717. The van der Waals surface area contributed by atoms with Crippen LogP contribution in [0.5, 0.6) is 0 Å². The van der Waals surface area contributed by atoms with E-state index in [0.29, 0.717) is 5.03 Å². The van der Waals surface area contributed by atoms with Crippen molar-refractivity contribution in [1.82, 2.24) is 24.7 Å². The van der Waals surface area contributed by atoms with Crippen LogP contribution in [0.15, 0.2) is 26.0 Å². The van der Waals surface area contributed by atoms with Crippen LogP contribution in [0.2, 0.25) is 10.3 Å². The molecule has 94 valence electrons. The molecule has 0 aliphatic heterocycles. The van der Waals surface area contributed by atoms with Crippen molar-refractivity contribution in [3.05, 3.63) is 37.2 Å². The number of nitrogens with one attached hydrogen (secondary N) is 1. The van der Waals surface area contributed by atoms with Gasteiger partial charge in [0.05, 0.1) is 11.2 Å². The van der Waals surface area contributed by atoms with Gasteiger partial charge < -0.3 is 0 Å². The van der Waals surface area contributed by atoms with Crippen LogP contribution in [0.4, 0.5) is 0 Å². The van der Waals surface area contributed by atoms with Gasteiger partial charge in [0.2, 0.25) is 5.28 Å². The summed E-state index contributed by atoms with van der Waals surface area (Å²) in [7, 11) is 1.53. The van der Waals surface area contributed by atoms with E-state index in [1.54, 1.807) is 0 Å². The van der Waals surface area contributed by atoms with Crippen LogP contribution in [0.25, 0.3) is 0 Å². The molecule has 0 fully saturated rings. The SMILES string of the molecule is Cn1[nH]c(=O)c(=O)nc1Sc1nc(Cl)ncc1Cl. The third kappa shape index (κ3) is 2.71. The molecule has 0 amide bonds. The normalized spacial score (nSPS) is 10.6. The van der Waals surface area contributed by atoms with E-state index in [2.05, 4.69) is 20.1 Å². The van der Waals surface area contributed by atoms with Gasteiger partial charge in [0.25, 0.3) is 0 Å². The molecule has 2 aromatic rings. The Morgan fingerprint density at radius 3 is 2.78 bits per heavy atom. The predicted molar refractivity (Wildman–Crippen MR) is 66.3 cm³/mol. The van der Waals surface area contributed by atoms with E-state index < -0.39 is 11.1 Å². The Balaban J connectivity index is 2.46. The molecular formula is C8H5Cl2N5O2S. The summed E-state index contributed by atoms with van der Waals surface area (Å²) >= 11 is 12.5. The van der Waals surface area contributed by atoms with Gasteiger partial charge >= 0.3 is 11.1 Å². The number of aromatic amines is 1. The van der Waals surface area contributed by atoms with Gasteiger partial charge in [0.1, 0.15) is 5.03 Å². The van der Waals surface area contributed by atoms with Crippen LogP contribution in [0.3, 0.4) is 0 Å². The third-order valence-electron chi connectivity index (χ3n) is 1.82. The molecule has 2 aromatic heterocycles. The Kier molecular flexibility index (Phi) is 3.69. The van der Waals surface area contributed by atoms with Crippen molar-refractivity contribution in [2.45, 2.75) is 10.2 Å². The lowest BCUT2D eigenvalue weighted by Crippen LogP contribution is -2.33. The average molecular weight is 306 g/mol. The van der Waals surface area contributed by atoms with Gasteiger partial charge in [-0.25, -0.2) is 9.97 Å². The second-order valence-electron chi connectivity index (χ2n) is 3.09. The van der Waals surface area contributed by atoms with Crippen molar-refractivity contribution < 1.29 is 0 Å². The summed E-state index contributed by atoms with van der Waals surface area (Å²) < 4.78 is 1.29. The number of H-pyrrole nitrogens is 1. The molecule has 0 bridgehead atoms. The molecule has 10 heteroatoms. The van der Waals surface area contributed by atoms with Gasteiger partial charge in [0, 0.05) is 7.05 Å². The maximum Gasteiger partial charge on any atom is 0.339 e. The average Bonchev–Trinajstić information content (AvgIpc) is 2.30. The van der Waals surface area contributed by atoms with E-state index in [0.717, 1.165) is 11.8 Å². The zero-order valence-electron chi connectivity index (χ0n) is 8.85. The highest BCUT2D eigenvalue weighted by Crippen LogP contribution is 2.29. The Hall–Kier alpha value is -1.38. The molecule has 0 unspecified atom stereocenters. The minimum absolute atomic E-state index is 0.0244. The monoisotopic (exact) mass is 305 g/mol. The first-order valence-corrected chi connectivity index (χ1v) is 6.08. The van der Waals surface area contributed by atoms with Crippen molar-refractivity contribution in [2.75, 3.05) is 0 Å². The van der Waals surface area contributed by atoms with Crippen LogP contribution in [-0.2, 0) is 7.05 Å². The minimum Gasteiger partial charge on any atom is -0.265 e. The van der Waals surface area contributed by atoms with E-state index in [1.165, 1.54) is 17.9 Å². The maximum atomic E-state index is 11.2. The van der Waals surface area contributed by atoms with Crippen molar-refractivity contribution in [3.8, 4) is 0 Å². The Morgan fingerprint density at radius 2 is 2.06 bits per heavy atom. The zero-order valence-corrected chi connectivity index (χ0v) is 11.2. The van der Waals surface area contributed by atoms with E-state index in [-0.39, 0.29) is 15.5 Å². The van der Waals surface area contributed by atoms with E-state index >= 15 is 0 Å².